The molecule has 176 valence electrons. The summed E-state index contributed by atoms with van der Waals surface area (Å²) in [5.41, 5.74) is 2.01. The van der Waals surface area contributed by atoms with Crippen LogP contribution in [-0.2, 0) is 16.1 Å². The van der Waals surface area contributed by atoms with Gasteiger partial charge >= 0.3 is 0 Å². The molecule has 2 aliphatic rings. The van der Waals surface area contributed by atoms with E-state index in [2.05, 4.69) is 0 Å². The largest absolute Gasteiger partial charge is 0.497 e. The van der Waals surface area contributed by atoms with Crippen molar-refractivity contribution in [3.05, 3.63) is 59.7 Å². The number of hydrogen-bond acceptors (Lipinski definition) is 4. The minimum absolute atomic E-state index is 0.0513. The fourth-order valence-corrected chi connectivity index (χ4v) is 5.33. The second-order valence-electron chi connectivity index (χ2n) is 9.23. The van der Waals surface area contributed by atoms with Gasteiger partial charge in [0.25, 0.3) is 0 Å². The summed E-state index contributed by atoms with van der Waals surface area (Å²) in [6, 6.07) is 15.7. The van der Waals surface area contributed by atoms with Crippen molar-refractivity contribution in [3.63, 3.8) is 0 Å². The van der Waals surface area contributed by atoms with Crippen LogP contribution < -0.4 is 9.47 Å². The van der Waals surface area contributed by atoms with Crippen LogP contribution in [0.3, 0.4) is 0 Å². The number of carbonyl (C=O) groups excluding carboxylic acids is 2. The molecule has 0 N–H and O–H groups in total. The maximum atomic E-state index is 13.7. The van der Waals surface area contributed by atoms with Gasteiger partial charge in [-0.05, 0) is 36.6 Å². The number of ether oxygens (including phenoxy) is 2. The zero-order valence-corrected chi connectivity index (χ0v) is 19.8. The Kier molecular flexibility index (Phi) is 7.21. The van der Waals surface area contributed by atoms with Crippen LogP contribution in [0.5, 0.6) is 11.5 Å². The molecule has 1 heterocycles. The molecule has 0 spiro atoms. The van der Waals surface area contributed by atoms with Gasteiger partial charge in [-0.3, -0.25) is 9.59 Å². The number of likely N-dealkylation sites (tertiary alicyclic amines) is 1. The highest BCUT2D eigenvalue weighted by atomic mass is 16.5. The third kappa shape index (κ3) is 5.00. The van der Waals surface area contributed by atoms with Crippen molar-refractivity contribution in [2.75, 3.05) is 34.4 Å². The Hall–Kier alpha value is -3.02. The highest BCUT2D eigenvalue weighted by Gasteiger charge is 2.44. The van der Waals surface area contributed by atoms with Gasteiger partial charge in [-0.1, -0.05) is 43.2 Å². The molecule has 2 aromatic rings. The molecule has 2 amide bonds. The first-order valence-corrected chi connectivity index (χ1v) is 11.8. The van der Waals surface area contributed by atoms with Crippen LogP contribution in [0.15, 0.2) is 48.5 Å². The number of amides is 2. The zero-order chi connectivity index (χ0) is 23.4. The molecule has 0 unspecified atom stereocenters. The number of rotatable bonds is 7. The summed E-state index contributed by atoms with van der Waals surface area (Å²) in [5, 5.41) is 0. The minimum atomic E-state index is -0.329. The Morgan fingerprint density at radius 3 is 2.39 bits per heavy atom. The predicted octanol–water partition coefficient (Wildman–Crippen LogP) is 4.09. The average molecular weight is 451 g/mol. The van der Waals surface area contributed by atoms with Crippen molar-refractivity contribution in [3.8, 4) is 11.5 Å². The first-order chi connectivity index (χ1) is 16.0. The third-order valence-corrected chi connectivity index (χ3v) is 7.13. The van der Waals surface area contributed by atoms with E-state index < -0.39 is 0 Å². The Balaban J connectivity index is 1.62. The van der Waals surface area contributed by atoms with Gasteiger partial charge in [-0.15, -0.1) is 0 Å². The van der Waals surface area contributed by atoms with E-state index >= 15 is 0 Å². The van der Waals surface area contributed by atoms with Gasteiger partial charge in [-0.25, -0.2) is 0 Å². The first kappa shape index (κ1) is 23.1. The van der Waals surface area contributed by atoms with Gasteiger partial charge in [0.2, 0.25) is 11.8 Å². The van der Waals surface area contributed by atoms with Crippen LogP contribution in [0.25, 0.3) is 0 Å². The molecule has 0 aromatic heterocycles. The summed E-state index contributed by atoms with van der Waals surface area (Å²) in [5.74, 6) is 1.30. The molecule has 6 nitrogen and oxygen atoms in total. The van der Waals surface area contributed by atoms with Crippen LogP contribution in [0, 0.1) is 11.8 Å². The average Bonchev–Trinajstić information content (AvgIpc) is 3.54. The lowest BCUT2D eigenvalue weighted by atomic mass is 9.87. The highest BCUT2D eigenvalue weighted by Crippen LogP contribution is 2.41. The van der Waals surface area contributed by atoms with Gasteiger partial charge in [0.05, 0.1) is 20.1 Å². The van der Waals surface area contributed by atoms with Crippen molar-refractivity contribution in [1.82, 2.24) is 9.80 Å². The van der Waals surface area contributed by atoms with E-state index in [1.807, 2.05) is 60.5 Å². The van der Waals surface area contributed by atoms with Crippen LogP contribution in [0.1, 0.15) is 42.7 Å². The van der Waals surface area contributed by atoms with Crippen molar-refractivity contribution >= 4 is 11.8 Å². The van der Waals surface area contributed by atoms with Crippen molar-refractivity contribution in [1.29, 1.82) is 0 Å². The molecule has 4 rings (SSSR count). The Labute approximate surface area is 196 Å². The summed E-state index contributed by atoms with van der Waals surface area (Å²) < 4.78 is 11.1. The highest BCUT2D eigenvalue weighted by molar-refractivity contribution is 5.84. The van der Waals surface area contributed by atoms with E-state index in [0.717, 1.165) is 48.3 Å². The summed E-state index contributed by atoms with van der Waals surface area (Å²) in [7, 11) is 5.11. The molecular weight excluding hydrogens is 416 g/mol. The number of carbonyl (C=O) groups is 2. The lowest BCUT2D eigenvalue weighted by Crippen LogP contribution is -2.37. The fraction of sp³-hybridized carbons (Fsp3) is 0.481. The second-order valence-corrected chi connectivity index (χ2v) is 9.23. The number of benzene rings is 2. The predicted molar refractivity (Wildman–Crippen MR) is 127 cm³/mol. The molecule has 2 fully saturated rings. The van der Waals surface area contributed by atoms with Gasteiger partial charge < -0.3 is 19.3 Å². The Bertz CT molecular complexity index is 971. The maximum absolute atomic E-state index is 13.7. The first-order valence-electron chi connectivity index (χ1n) is 11.8. The fourth-order valence-electron chi connectivity index (χ4n) is 5.33. The van der Waals surface area contributed by atoms with Crippen LogP contribution in [0.4, 0.5) is 0 Å². The Morgan fingerprint density at radius 2 is 1.73 bits per heavy atom. The van der Waals surface area contributed by atoms with Crippen LogP contribution in [-0.4, -0.2) is 56.0 Å². The van der Waals surface area contributed by atoms with Crippen molar-refractivity contribution < 1.29 is 19.1 Å². The molecule has 0 radical (unpaired) electrons. The van der Waals surface area contributed by atoms with E-state index in [0.29, 0.717) is 19.6 Å². The summed E-state index contributed by atoms with van der Waals surface area (Å²) in [4.78, 5) is 30.7. The molecule has 0 bridgehead atoms. The molecule has 1 aliphatic carbocycles. The van der Waals surface area contributed by atoms with Gasteiger partial charge in [0, 0.05) is 44.1 Å². The second kappa shape index (κ2) is 10.3. The lowest BCUT2D eigenvalue weighted by molar-refractivity contribution is -0.136. The Morgan fingerprint density at radius 1 is 1.00 bits per heavy atom. The molecule has 1 saturated heterocycles. The van der Waals surface area contributed by atoms with Crippen LogP contribution >= 0.6 is 0 Å². The van der Waals surface area contributed by atoms with E-state index in [1.54, 1.807) is 19.1 Å². The standard InChI is InChI=1S/C27H34N2O4/c1-28(16-19-9-5-4-6-10-19)27(31)24-18-29(26(30)20-11-7-8-12-20)17-23(24)22-15-21(32-2)13-14-25(22)33-3/h4-6,9-10,13-15,20,23-24H,7-8,11-12,16-18H2,1-3H3/t23-,24+/m1/s1. The third-order valence-electron chi connectivity index (χ3n) is 7.13. The number of hydrogen-bond donors (Lipinski definition) is 0. The molecule has 1 aliphatic heterocycles. The molecule has 33 heavy (non-hydrogen) atoms. The van der Waals surface area contributed by atoms with E-state index in [1.165, 1.54) is 0 Å². The minimum Gasteiger partial charge on any atom is -0.497 e. The summed E-state index contributed by atoms with van der Waals surface area (Å²) >= 11 is 0. The quantitative estimate of drug-likeness (QED) is 0.637. The zero-order valence-electron chi connectivity index (χ0n) is 19.8. The maximum Gasteiger partial charge on any atom is 0.228 e. The smallest absolute Gasteiger partial charge is 0.228 e. The summed E-state index contributed by atoms with van der Waals surface area (Å²) in [6.45, 7) is 1.50. The number of nitrogens with zero attached hydrogens (tertiary/aromatic N) is 2. The monoisotopic (exact) mass is 450 g/mol. The number of methoxy groups -OCH3 is 2. The van der Waals surface area contributed by atoms with Gasteiger partial charge in [0.15, 0.2) is 0 Å². The van der Waals surface area contributed by atoms with E-state index in [9.17, 15) is 9.59 Å². The molecule has 2 atom stereocenters. The lowest BCUT2D eigenvalue weighted by Gasteiger charge is -2.25. The molecule has 6 heteroatoms. The van der Waals surface area contributed by atoms with Crippen LogP contribution in [0.2, 0.25) is 0 Å². The molecule has 2 aromatic carbocycles. The summed E-state index contributed by atoms with van der Waals surface area (Å²) in [6.07, 6.45) is 4.13. The normalized spacial score (nSPS) is 20.6. The van der Waals surface area contributed by atoms with Gasteiger partial charge in [-0.2, -0.15) is 0 Å². The van der Waals surface area contributed by atoms with Crippen molar-refractivity contribution in [2.45, 2.75) is 38.1 Å². The van der Waals surface area contributed by atoms with E-state index in [-0.39, 0.29) is 29.6 Å². The molecule has 1 saturated carbocycles. The SMILES string of the molecule is COc1ccc(OC)c([C@H]2CN(C(=O)C3CCCC3)C[C@@H]2C(=O)N(C)Cc2ccccc2)c1. The van der Waals surface area contributed by atoms with Crippen molar-refractivity contribution in [2.24, 2.45) is 11.8 Å². The molecular formula is C27H34N2O4. The van der Waals surface area contributed by atoms with E-state index in [4.69, 9.17) is 9.47 Å². The van der Waals surface area contributed by atoms with Gasteiger partial charge in [0.1, 0.15) is 11.5 Å². The topological polar surface area (TPSA) is 59.1 Å².